The molecule has 15 atom stereocenters. The van der Waals surface area contributed by atoms with Gasteiger partial charge in [0.15, 0.2) is 18.9 Å². The Morgan fingerprint density at radius 1 is 0.630 bits per heavy atom. The van der Waals surface area contributed by atoms with Gasteiger partial charge in [0.05, 0.1) is 26.4 Å². The molecule has 3 heterocycles. The standard InChI is InChI=1S/C27H47NO18/c1-2-3-11(31)4-5-15(32)28-6-7-41-26-23(40)24(46-27-22(39)20(37)17(34)13(9-30)44-27)18(35)14(45-26)10-42-25-21(38)19(36)16(33)12(8-29)43-25/h12-14,16-27,29-30,33-40H,2-10H2,1H3,(H,28,32)/t12-,13-,14-,16-,17-,18-,19+,20+,21+,22+,23+,24+,25+,26-,27-/m1/s1. The predicted molar refractivity (Wildman–Crippen MR) is 147 cm³/mol. The number of rotatable bonds is 16. The first kappa shape index (κ1) is 38.9. The van der Waals surface area contributed by atoms with Crippen LogP contribution in [0.25, 0.3) is 0 Å². The van der Waals surface area contributed by atoms with Crippen molar-refractivity contribution >= 4 is 11.7 Å². The van der Waals surface area contributed by atoms with Crippen LogP contribution in [0.15, 0.2) is 0 Å². The number of hydrogen-bond acceptors (Lipinski definition) is 18. The van der Waals surface area contributed by atoms with E-state index in [1.165, 1.54) is 0 Å². The van der Waals surface area contributed by atoms with Gasteiger partial charge in [-0.15, -0.1) is 0 Å². The summed E-state index contributed by atoms with van der Waals surface area (Å²) in [6.45, 7) is -0.575. The molecular formula is C27H47NO18. The molecule has 3 fully saturated rings. The molecule has 3 rings (SSSR count). The fourth-order valence-electron chi connectivity index (χ4n) is 5.18. The first-order chi connectivity index (χ1) is 21.8. The second-order valence-corrected chi connectivity index (χ2v) is 11.4. The summed E-state index contributed by atoms with van der Waals surface area (Å²) >= 11 is 0. The number of amides is 1. The van der Waals surface area contributed by atoms with E-state index in [2.05, 4.69) is 5.32 Å². The van der Waals surface area contributed by atoms with Crippen molar-refractivity contribution in [3.63, 3.8) is 0 Å². The normalized spacial score (nSPS) is 41.7. The molecule has 3 saturated heterocycles. The highest BCUT2D eigenvalue weighted by atomic mass is 16.7. The van der Waals surface area contributed by atoms with E-state index in [9.17, 15) is 60.7 Å². The average Bonchev–Trinajstić information content (AvgIpc) is 3.04. The highest BCUT2D eigenvalue weighted by Crippen LogP contribution is 2.31. The Hall–Kier alpha value is -1.50. The van der Waals surface area contributed by atoms with Crippen molar-refractivity contribution in [1.29, 1.82) is 0 Å². The lowest BCUT2D eigenvalue weighted by atomic mass is 9.96. The summed E-state index contributed by atoms with van der Waals surface area (Å²) in [6, 6.07) is 0. The van der Waals surface area contributed by atoms with Crippen LogP contribution in [0, 0.1) is 0 Å². The van der Waals surface area contributed by atoms with Crippen molar-refractivity contribution in [3.8, 4) is 0 Å². The highest BCUT2D eigenvalue weighted by Gasteiger charge is 2.52. The van der Waals surface area contributed by atoms with Gasteiger partial charge in [-0.25, -0.2) is 0 Å². The molecule has 3 aliphatic heterocycles. The maximum absolute atomic E-state index is 12.1. The number of aliphatic hydroxyl groups is 10. The van der Waals surface area contributed by atoms with Crippen LogP contribution in [-0.2, 0) is 38.0 Å². The van der Waals surface area contributed by atoms with Crippen molar-refractivity contribution in [1.82, 2.24) is 5.32 Å². The molecule has 0 radical (unpaired) electrons. The highest BCUT2D eigenvalue weighted by molar-refractivity contribution is 5.84. The fraction of sp³-hybridized carbons (Fsp3) is 0.926. The average molecular weight is 674 g/mol. The maximum Gasteiger partial charge on any atom is 0.220 e. The molecule has 19 heteroatoms. The lowest BCUT2D eigenvalue weighted by Gasteiger charge is -2.46. The first-order valence-electron chi connectivity index (χ1n) is 15.1. The van der Waals surface area contributed by atoms with Crippen LogP contribution in [0.1, 0.15) is 32.6 Å². The summed E-state index contributed by atoms with van der Waals surface area (Å²) in [5, 5.41) is 105. The molecule has 0 spiro atoms. The molecule has 19 nitrogen and oxygen atoms in total. The van der Waals surface area contributed by atoms with E-state index in [-0.39, 0.29) is 31.8 Å². The van der Waals surface area contributed by atoms with E-state index in [1.54, 1.807) is 0 Å². The SMILES string of the molecule is CCCC(=O)CCC(=O)NCCO[C@@H]1O[C@H](CO[C@H]2O[C@H](CO)[C@@H](O)[C@H](O)[C@@H]2O)[C@@H](O)[C@H](O[C@H]2O[C@H](CO)[C@@H](O)[C@H](O)[C@@H]2O)[C@@H]1O. The molecule has 0 unspecified atom stereocenters. The number of ether oxygens (including phenoxy) is 6. The van der Waals surface area contributed by atoms with Crippen molar-refractivity contribution in [2.75, 3.05) is 33.0 Å². The van der Waals surface area contributed by atoms with E-state index in [0.717, 1.165) is 0 Å². The Labute approximate surface area is 264 Å². The minimum atomic E-state index is -1.89. The van der Waals surface area contributed by atoms with Gasteiger partial charge in [0.1, 0.15) is 79.0 Å². The quantitative estimate of drug-likeness (QED) is 0.0679. The second kappa shape index (κ2) is 18.3. The molecule has 268 valence electrons. The van der Waals surface area contributed by atoms with Crippen LogP contribution >= 0.6 is 0 Å². The molecule has 0 saturated carbocycles. The van der Waals surface area contributed by atoms with E-state index in [4.69, 9.17) is 28.4 Å². The van der Waals surface area contributed by atoms with Gasteiger partial charge in [0.25, 0.3) is 0 Å². The number of carbonyl (C=O) groups is 2. The Bertz CT molecular complexity index is 942. The minimum absolute atomic E-state index is 0.0278. The lowest BCUT2D eigenvalue weighted by molar-refractivity contribution is -0.366. The van der Waals surface area contributed by atoms with Crippen LogP contribution < -0.4 is 5.32 Å². The maximum atomic E-state index is 12.1. The zero-order valence-electron chi connectivity index (χ0n) is 25.3. The van der Waals surface area contributed by atoms with Gasteiger partial charge < -0.3 is 84.8 Å². The van der Waals surface area contributed by atoms with Crippen LogP contribution in [0.4, 0.5) is 0 Å². The van der Waals surface area contributed by atoms with Crippen LogP contribution in [0.3, 0.4) is 0 Å². The van der Waals surface area contributed by atoms with Gasteiger partial charge in [-0.2, -0.15) is 0 Å². The van der Waals surface area contributed by atoms with E-state index in [0.29, 0.717) is 12.8 Å². The molecule has 0 aromatic carbocycles. The van der Waals surface area contributed by atoms with Crippen LogP contribution in [0.5, 0.6) is 0 Å². The summed E-state index contributed by atoms with van der Waals surface area (Å²) in [7, 11) is 0. The predicted octanol–water partition coefficient (Wildman–Crippen LogP) is -6.28. The number of nitrogens with one attached hydrogen (secondary N) is 1. The second-order valence-electron chi connectivity index (χ2n) is 11.4. The van der Waals surface area contributed by atoms with E-state index in [1.807, 2.05) is 6.92 Å². The molecule has 46 heavy (non-hydrogen) atoms. The molecule has 0 bridgehead atoms. The third-order valence-electron chi connectivity index (χ3n) is 7.92. The van der Waals surface area contributed by atoms with Gasteiger partial charge in [-0.1, -0.05) is 6.92 Å². The van der Waals surface area contributed by atoms with Crippen molar-refractivity contribution in [3.05, 3.63) is 0 Å². The fourth-order valence-corrected chi connectivity index (χ4v) is 5.18. The summed E-state index contributed by atoms with van der Waals surface area (Å²) < 4.78 is 33.0. The monoisotopic (exact) mass is 673 g/mol. The van der Waals surface area contributed by atoms with E-state index < -0.39 is 118 Å². The molecule has 3 aliphatic rings. The molecule has 0 aliphatic carbocycles. The van der Waals surface area contributed by atoms with Crippen LogP contribution in [-0.4, -0.2) is 188 Å². The topological polar surface area (TPSA) is 304 Å². The number of Topliss-reactive ketones (excluding diaryl/α,β-unsaturated/α-hetero) is 1. The van der Waals surface area contributed by atoms with Crippen LogP contribution in [0.2, 0.25) is 0 Å². The summed E-state index contributed by atoms with van der Waals surface area (Å²) in [5.74, 6) is -0.461. The van der Waals surface area contributed by atoms with Gasteiger partial charge in [-0.3, -0.25) is 9.59 Å². The molecule has 0 aromatic rings. The largest absolute Gasteiger partial charge is 0.394 e. The lowest BCUT2D eigenvalue weighted by Crippen LogP contribution is -2.65. The molecule has 1 amide bonds. The first-order valence-corrected chi connectivity index (χ1v) is 15.1. The van der Waals surface area contributed by atoms with Crippen molar-refractivity contribution in [2.45, 2.75) is 125 Å². The summed E-state index contributed by atoms with van der Waals surface area (Å²) in [4.78, 5) is 23.7. The number of carbonyl (C=O) groups excluding carboxylic acids is 2. The molecule has 0 aromatic heterocycles. The van der Waals surface area contributed by atoms with E-state index >= 15 is 0 Å². The number of ketones is 1. The molecule has 11 N–H and O–H groups in total. The minimum Gasteiger partial charge on any atom is -0.394 e. The zero-order valence-corrected chi connectivity index (χ0v) is 25.3. The Kier molecular flexibility index (Phi) is 15.5. The summed E-state index contributed by atoms with van der Waals surface area (Å²) in [5.41, 5.74) is 0. The van der Waals surface area contributed by atoms with Gasteiger partial charge >= 0.3 is 0 Å². The Morgan fingerprint density at radius 3 is 1.76 bits per heavy atom. The Balaban J connectivity index is 1.68. The zero-order chi connectivity index (χ0) is 34.1. The number of aliphatic hydroxyl groups excluding tert-OH is 10. The van der Waals surface area contributed by atoms with Crippen molar-refractivity contribution in [2.24, 2.45) is 0 Å². The molecular weight excluding hydrogens is 626 g/mol. The van der Waals surface area contributed by atoms with Gasteiger partial charge in [0, 0.05) is 25.8 Å². The third kappa shape index (κ3) is 9.78. The smallest absolute Gasteiger partial charge is 0.220 e. The van der Waals surface area contributed by atoms with Gasteiger partial charge in [0.2, 0.25) is 5.91 Å². The Morgan fingerprint density at radius 2 is 1.17 bits per heavy atom. The number of hydrogen-bond donors (Lipinski definition) is 11. The van der Waals surface area contributed by atoms with Gasteiger partial charge in [-0.05, 0) is 6.42 Å². The van der Waals surface area contributed by atoms with Crippen molar-refractivity contribution < 1.29 is 89.1 Å². The summed E-state index contributed by atoms with van der Waals surface area (Å²) in [6.07, 6.45) is -23.9. The third-order valence-corrected chi connectivity index (χ3v) is 7.92.